The summed E-state index contributed by atoms with van der Waals surface area (Å²) in [5.41, 5.74) is -0.0293. The summed E-state index contributed by atoms with van der Waals surface area (Å²) in [4.78, 5) is 34.2. The summed E-state index contributed by atoms with van der Waals surface area (Å²) >= 11 is 17.9. The van der Waals surface area contributed by atoms with Crippen LogP contribution in [0.4, 0.5) is 19.0 Å². The minimum atomic E-state index is -4.59. The van der Waals surface area contributed by atoms with E-state index >= 15 is 0 Å². The van der Waals surface area contributed by atoms with Gasteiger partial charge in [-0.05, 0) is 36.2 Å². The average Bonchev–Trinajstić information content (AvgIpc) is 3.39. The molecule has 2 aliphatic heterocycles. The maximum Gasteiger partial charge on any atom is 0.400 e. The van der Waals surface area contributed by atoms with Gasteiger partial charge in [-0.15, -0.1) is 0 Å². The van der Waals surface area contributed by atoms with Crippen molar-refractivity contribution in [1.29, 1.82) is 0 Å². The van der Waals surface area contributed by atoms with Gasteiger partial charge in [0.15, 0.2) is 0 Å². The highest BCUT2D eigenvalue weighted by Crippen LogP contribution is 2.50. The number of nitrogens with one attached hydrogen (secondary N) is 2. The Balaban J connectivity index is 1.55. The van der Waals surface area contributed by atoms with Crippen molar-refractivity contribution in [2.75, 3.05) is 24.6 Å². The van der Waals surface area contributed by atoms with Gasteiger partial charge in [-0.3, -0.25) is 14.4 Å². The first-order valence-corrected chi connectivity index (χ1v) is 10.8. The zero-order chi connectivity index (χ0) is 24.0. The van der Waals surface area contributed by atoms with Crippen LogP contribution in [0.3, 0.4) is 0 Å². The van der Waals surface area contributed by atoms with Crippen molar-refractivity contribution in [2.24, 2.45) is 0 Å². The molecule has 33 heavy (non-hydrogen) atoms. The topological polar surface area (TPSA) is 83.6 Å². The predicted octanol–water partition coefficient (Wildman–Crippen LogP) is 3.91. The molecule has 2 aromatic rings. The molecule has 1 aromatic carbocycles. The number of pyridine rings is 1. The first-order valence-electron chi connectivity index (χ1n) is 9.67. The molecule has 0 saturated carbocycles. The lowest BCUT2D eigenvalue weighted by atomic mass is 9.79. The summed E-state index contributed by atoms with van der Waals surface area (Å²) in [5, 5.41) is 2.36. The van der Waals surface area contributed by atoms with E-state index < -0.39 is 36.0 Å². The first-order chi connectivity index (χ1) is 15.5. The Morgan fingerprint density at radius 2 is 1.94 bits per heavy atom. The molecule has 176 valence electrons. The zero-order valence-corrected chi connectivity index (χ0v) is 18.9. The average molecular weight is 524 g/mol. The molecule has 2 amide bonds. The lowest BCUT2D eigenvalue weighted by molar-refractivity contribution is -0.184. The molecule has 0 spiro atoms. The fourth-order valence-corrected chi connectivity index (χ4v) is 4.46. The summed E-state index contributed by atoms with van der Waals surface area (Å²) in [6.45, 7) is -0.361. The molecule has 4 rings (SSSR count). The molecular formula is C20H16Cl3F3N4O3. The number of alkyl halides is 3. The molecule has 0 radical (unpaired) electrons. The maximum atomic E-state index is 14.3. The van der Waals surface area contributed by atoms with E-state index in [1.54, 1.807) is 0 Å². The summed E-state index contributed by atoms with van der Waals surface area (Å²) in [6.07, 6.45) is -3.60. The van der Waals surface area contributed by atoms with Gasteiger partial charge < -0.3 is 10.2 Å². The summed E-state index contributed by atoms with van der Waals surface area (Å²) in [5.74, 6) is -0.766. The highest BCUT2D eigenvalue weighted by molar-refractivity contribution is 6.48. The standard InChI is InChI=1S/C20H16Cl3F3N4O3/c21-12-5-11(6-13(22)16(12)23)19(20(24,25)26)3-4-30(9-19)15-2-1-10(7-27-15)17(31)28-14-8-33-29-18(14)32/h1-2,5-7,14H,3-4,8-9H2,(H,28,31)(H,29,32). The van der Waals surface area contributed by atoms with E-state index in [-0.39, 0.29) is 51.6 Å². The number of carbonyl (C=O) groups is 2. The fraction of sp³-hybridized carbons (Fsp3) is 0.350. The molecule has 2 saturated heterocycles. The third kappa shape index (κ3) is 4.44. The second-order valence-corrected chi connectivity index (χ2v) is 8.91. The Morgan fingerprint density at radius 1 is 1.24 bits per heavy atom. The van der Waals surface area contributed by atoms with Crippen molar-refractivity contribution in [3.63, 3.8) is 0 Å². The van der Waals surface area contributed by atoms with Gasteiger partial charge in [-0.1, -0.05) is 34.8 Å². The normalized spacial score (nSPS) is 23.0. The van der Waals surface area contributed by atoms with Crippen molar-refractivity contribution in [3.05, 3.63) is 56.7 Å². The molecule has 2 fully saturated rings. The number of nitrogens with zero attached hydrogens (tertiary/aromatic N) is 2. The second kappa shape index (κ2) is 8.83. The number of anilines is 1. The third-order valence-corrected chi connectivity index (χ3v) is 6.92. The van der Waals surface area contributed by atoms with Crippen LogP contribution in [0, 0.1) is 0 Å². The molecule has 3 heterocycles. The van der Waals surface area contributed by atoms with E-state index in [0.717, 1.165) is 0 Å². The van der Waals surface area contributed by atoms with Crippen LogP contribution in [0.15, 0.2) is 30.5 Å². The van der Waals surface area contributed by atoms with Crippen LogP contribution in [-0.4, -0.2) is 48.7 Å². The number of halogens is 6. The van der Waals surface area contributed by atoms with Crippen LogP contribution in [0.25, 0.3) is 0 Å². The van der Waals surface area contributed by atoms with Crippen LogP contribution >= 0.6 is 34.8 Å². The number of aromatic nitrogens is 1. The Labute approximate surface area is 201 Å². The Kier molecular flexibility index (Phi) is 6.38. The number of benzene rings is 1. The Hall–Kier alpha value is -2.27. The third-order valence-electron chi connectivity index (χ3n) is 5.73. The van der Waals surface area contributed by atoms with Gasteiger partial charge in [-0.2, -0.15) is 13.2 Å². The number of amides is 2. The van der Waals surface area contributed by atoms with Crippen molar-refractivity contribution in [3.8, 4) is 0 Å². The van der Waals surface area contributed by atoms with E-state index in [9.17, 15) is 22.8 Å². The molecule has 2 aliphatic rings. The number of carbonyl (C=O) groups excluding carboxylic acids is 2. The van der Waals surface area contributed by atoms with Gasteiger partial charge in [0.25, 0.3) is 11.8 Å². The molecule has 2 N–H and O–H groups in total. The van der Waals surface area contributed by atoms with E-state index in [1.165, 1.54) is 35.4 Å². The highest BCUT2D eigenvalue weighted by atomic mass is 35.5. The zero-order valence-electron chi connectivity index (χ0n) is 16.7. The Morgan fingerprint density at radius 3 is 2.48 bits per heavy atom. The summed E-state index contributed by atoms with van der Waals surface area (Å²) in [7, 11) is 0. The van der Waals surface area contributed by atoms with Crippen molar-refractivity contribution < 1.29 is 27.6 Å². The minimum Gasteiger partial charge on any atom is -0.355 e. The smallest absolute Gasteiger partial charge is 0.355 e. The van der Waals surface area contributed by atoms with Gasteiger partial charge >= 0.3 is 6.18 Å². The molecule has 0 bridgehead atoms. The molecule has 13 heteroatoms. The number of hydroxylamine groups is 1. The summed E-state index contributed by atoms with van der Waals surface area (Å²) in [6, 6.07) is 4.43. The highest BCUT2D eigenvalue weighted by Gasteiger charge is 2.59. The van der Waals surface area contributed by atoms with Gasteiger partial charge in [0.05, 0.1) is 20.6 Å². The van der Waals surface area contributed by atoms with Gasteiger partial charge in [-0.25, -0.2) is 10.5 Å². The van der Waals surface area contributed by atoms with Gasteiger partial charge in [0.2, 0.25) is 0 Å². The monoisotopic (exact) mass is 522 g/mol. The number of hydrogen-bond donors (Lipinski definition) is 2. The predicted molar refractivity (Wildman–Crippen MR) is 116 cm³/mol. The SMILES string of the molecule is O=C(NC1CONC1=O)c1ccc(N2CCC(c3cc(Cl)c(Cl)c(Cl)c3)(C(F)(F)F)C2)nc1. The van der Waals surface area contributed by atoms with E-state index in [1.807, 2.05) is 0 Å². The molecule has 1 aromatic heterocycles. The lowest BCUT2D eigenvalue weighted by Gasteiger charge is -2.33. The van der Waals surface area contributed by atoms with Crippen LogP contribution in [0.1, 0.15) is 22.3 Å². The minimum absolute atomic E-state index is 0.00793. The summed E-state index contributed by atoms with van der Waals surface area (Å²) < 4.78 is 42.9. The van der Waals surface area contributed by atoms with Crippen molar-refractivity contribution in [2.45, 2.75) is 24.1 Å². The molecular weight excluding hydrogens is 508 g/mol. The van der Waals surface area contributed by atoms with E-state index in [0.29, 0.717) is 0 Å². The Bertz CT molecular complexity index is 1080. The lowest BCUT2D eigenvalue weighted by Crippen LogP contribution is -2.45. The quantitative estimate of drug-likeness (QED) is 0.594. The molecule has 2 unspecified atom stereocenters. The fourth-order valence-electron chi connectivity index (χ4n) is 3.87. The van der Waals surface area contributed by atoms with Crippen molar-refractivity contribution in [1.82, 2.24) is 15.8 Å². The van der Waals surface area contributed by atoms with Crippen LogP contribution in [0.5, 0.6) is 0 Å². The van der Waals surface area contributed by atoms with Crippen LogP contribution in [-0.2, 0) is 15.0 Å². The number of rotatable bonds is 4. The van der Waals surface area contributed by atoms with Crippen LogP contribution < -0.4 is 15.7 Å². The van der Waals surface area contributed by atoms with Crippen molar-refractivity contribution >= 4 is 52.4 Å². The maximum absolute atomic E-state index is 14.3. The van der Waals surface area contributed by atoms with Gasteiger partial charge in [0, 0.05) is 19.3 Å². The van der Waals surface area contributed by atoms with Crippen LogP contribution in [0.2, 0.25) is 15.1 Å². The van der Waals surface area contributed by atoms with Gasteiger partial charge in [0.1, 0.15) is 23.9 Å². The number of hydrogen-bond acceptors (Lipinski definition) is 5. The largest absolute Gasteiger partial charge is 0.400 e. The molecule has 2 atom stereocenters. The van der Waals surface area contributed by atoms with E-state index in [2.05, 4.69) is 15.8 Å². The molecule has 0 aliphatic carbocycles. The second-order valence-electron chi connectivity index (χ2n) is 7.71. The first kappa shape index (κ1) is 23.9. The van der Waals surface area contributed by atoms with E-state index in [4.69, 9.17) is 39.6 Å². The molecule has 7 nitrogen and oxygen atoms in total.